The summed E-state index contributed by atoms with van der Waals surface area (Å²) in [4.78, 5) is 11.4. The van der Waals surface area contributed by atoms with Crippen LogP contribution in [0.25, 0.3) is 0 Å². The highest BCUT2D eigenvalue weighted by Gasteiger charge is 2.24. The zero-order valence-electron chi connectivity index (χ0n) is 13.1. The van der Waals surface area contributed by atoms with E-state index in [-0.39, 0.29) is 17.5 Å². The molecule has 6 heteroatoms. The number of hydrogen-bond donors (Lipinski definition) is 2. The predicted molar refractivity (Wildman–Crippen MR) is 89.4 cm³/mol. The number of aliphatic hydroxyl groups excluding tert-OH is 1. The van der Waals surface area contributed by atoms with Crippen molar-refractivity contribution in [3.05, 3.63) is 69.5 Å². The molecule has 0 aromatic heterocycles. The second-order valence-corrected chi connectivity index (χ2v) is 6.12. The first-order valence-corrected chi connectivity index (χ1v) is 7.81. The minimum atomic E-state index is -0.985. The molecule has 0 aliphatic heterocycles. The lowest BCUT2D eigenvalue weighted by atomic mass is 9.89. The fourth-order valence-electron chi connectivity index (χ4n) is 2.67. The number of benzene rings is 2. The zero-order chi connectivity index (χ0) is 17.9. The normalized spacial score (nSPS) is 13.5. The third-order valence-electron chi connectivity index (χ3n) is 4.02. The topological polar surface area (TPSA) is 63.3 Å². The molecule has 2 rings (SSSR count). The fourth-order valence-corrected chi connectivity index (χ4v) is 2.80. The molecule has 2 unspecified atom stereocenters. The molecule has 0 heterocycles. The molecule has 2 aromatic rings. The maximum atomic E-state index is 14.6. The number of amides is 1. The quantitative estimate of drug-likeness (QED) is 0.822. The molecule has 0 saturated carbocycles. The summed E-state index contributed by atoms with van der Waals surface area (Å²) in [5.74, 6) is -2.62. The highest BCUT2D eigenvalue weighted by molar-refractivity contribution is 6.30. The van der Waals surface area contributed by atoms with E-state index in [1.807, 2.05) is 0 Å². The van der Waals surface area contributed by atoms with Crippen molar-refractivity contribution < 1.29 is 18.7 Å². The Morgan fingerprint density at radius 3 is 2.42 bits per heavy atom. The maximum absolute atomic E-state index is 14.6. The van der Waals surface area contributed by atoms with Crippen molar-refractivity contribution in [2.75, 3.05) is 6.67 Å². The molecule has 2 atom stereocenters. The van der Waals surface area contributed by atoms with E-state index in [0.29, 0.717) is 16.1 Å². The van der Waals surface area contributed by atoms with Gasteiger partial charge in [0.1, 0.15) is 5.82 Å². The van der Waals surface area contributed by atoms with Gasteiger partial charge in [-0.05, 0) is 42.2 Å². The lowest BCUT2D eigenvalue weighted by molar-refractivity contribution is 0.0995. The number of carbonyl (C=O) groups excluding carboxylic acids is 1. The molecule has 3 N–H and O–H groups in total. The van der Waals surface area contributed by atoms with Crippen molar-refractivity contribution in [2.45, 2.75) is 25.4 Å². The Balaban J connectivity index is 2.30. The Hall–Kier alpha value is -1.98. The Morgan fingerprint density at radius 1 is 1.25 bits per heavy atom. The van der Waals surface area contributed by atoms with Gasteiger partial charge in [0.25, 0.3) is 5.91 Å². The molecule has 0 aliphatic carbocycles. The SMILES string of the molecule is Cc1ccc(C(CF)CC(O)c2ccc(Cl)cc2)c(F)c1C(N)=O. The second kappa shape index (κ2) is 7.73. The van der Waals surface area contributed by atoms with Gasteiger partial charge in [-0.25, -0.2) is 4.39 Å². The van der Waals surface area contributed by atoms with Crippen molar-refractivity contribution in [3.8, 4) is 0 Å². The summed E-state index contributed by atoms with van der Waals surface area (Å²) in [5.41, 5.74) is 5.93. The lowest BCUT2D eigenvalue weighted by Crippen LogP contribution is -2.18. The molecular weight excluding hydrogens is 336 g/mol. The molecule has 24 heavy (non-hydrogen) atoms. The van der Waals surface area contributed by atoms with Crippen LogP contribution in [0.5, 0.6) is 0 Å². The standard InChI is InChI=1S/C18H18ClF2NO2/c1-10-2-7-14(17(21)16(10)18(22)24)12(9-20)8-15(23)11-3-5-13(19)6-4-11/h2-7,12,15,23H,8-9H2,1H3,(H2,22,24). The smallest absolute Gasteiger partial charge is 0.251 e. The van der Waals surface area contributed by atoms with Gasteiger partial charge in [-0.3, -0.25) is 9.18 Å². The van der Waals surface area contributed by atoms with Crippen LogP contribution in [-0.4, -0.2) is 17.7 Å². The molecule has 0 fully saturated rings. The first-order chi connectivity index (χ1) is 11.3. The number of hydrogen-bond acceptors (Lipinski definition) is 2. The largest absolute Gasteiger partial charge is 0.388 e. The minimum Gasteiger partial charge on any atom is -0.388 e. The van der Waals surface area contributed by atoms with Gasteiger partial charge >= 0.3 is 0 Å². The average molecular weight is 354 g/mol. The third kappa shape index (κ3) is 3.91. The van der Waals surface area contributed by atoms with Crippen LogP contribution >= 0.6 is 11.6 Å². The summed E-state index contributed by atoms with van der Waals surface area (Å²) in [6.45, 7) is 0.683. The number of alkyl halides is 1. The maximum Gasteiger partial charge on any atom is 0.251 e. The monoisotopic (exact) mass is 353 g/mol. The summed E-state index contributed by atoms with van der Waals surface area (Å²) < 4.78 is 28.0. The number of aryl methyl sites for hydroxylation is 1. The van der Waals surface area contributed by atoms with Crippen LogP contribution in [0.3, 0.4) is 0 Å². The highest BCUT2D eigenvalue weighted by Crippen LogP contribution is 2.32. The molecule has 0 spiro atoms. The van der Waals surface area contributed by atoms with Crippen molar-refractivity contribution in [3.63, 3.8) is 0 Å². The molecule has 3 nitrogen and oxygen atoms in total. The Morgan fingerprint density at radius 2 is 1.88 bits per heavy atom. The van der Waals surface area contributed by atoms with Gasteiger partial charge in [0.2, 0.25) is 0 Å². The fraction of sp³-hybridized carbons (Fsp3) is 0.278. The minimum absolute atomic E-state index is 0.0314. The van der Waals surface area contributed by atoms with Gasteiger partial charge < -0.3 is 10.8 Å². The van der Waals surface area contributed by atoms with Crippen molar-refractivity contribution >= 4 is 17.5 Å². The van der Waals surface area contributed by atoms with Gasteiger partial charge in [-0.2, -0.15) is 0 Å². The number of halogens is 3. The molecule has 1 amide bonds. The van der Waals surface area contributed by atoms with Gasteiger partial charge in [-0.15, -0.1) is 0 Å². The average Bonchev–Trinajstić information content (AvgIpc) is 2.53. The third-order valence-corrected chi connectivity index (χ3v) is 4.27. The molecule has 0 aliphatic rings. The van der Waals surface area contributed by atoms with Crippen LogP contribution in [0, 0.1) is 12.7 Å². The number of primary amides is 1. The molecule has 128 valence electrons. The first-order valence-electron chi connectivity index (χ1n) is 7.43. The van der Waals surface area contributed by atoms with Gasteiger partial charge in [0.05, 0.1) is 18.3 Å². The van der Waals surface area contributed by atoms with E-state index < -0.39 is 30.4 Å². The first kappa shape index (κ1) is 18.4. The summed E-state index contributed by atoms with van der Waals surface area (Å²) in [6, 6.07) is 9.43. The van der Waals surface area contributed by atoms with Crippen LogP contribution in [0.1, 0.15) is 45.5 Å². The van der Waals surface area contributed by atoms with Crippen LogP contribution in [0.4, 0.5) is 8.78 Å². The number of nitrogens with two attached hydrogens (primary N) is 1. The predicted octanol–water partition coefficient (Wildman–Crippen LogP) is 4.06. The number of carbonyl (C=O) groups is 1. The van der Waals surface area contributed by atoms with E-state index in [0.717, 1.165) is 0 Å². The van der Waals surface area contributed by atoms with Crippen molar-refractivity contribution in [1.29, 1.82) is 0 Å². The molecule has 0 bridgehead atoms. The summed E-state index contributed by atoms with van der Waals surface area (Å²) in [5, 5.41) is 10.8. The Bertz CT molecular complexity index is 735. The van der Waals surface area contributed by atoms with Crippen LogP contribution in [0.2, 0.25) is 5.02 Å². The lowest BCUT2D eigenvalue weighted by Gasteiger charge is -2.20. The van der Waals surface area contributed by atoms with Crippen LogP contribution < -0.4 is 5.73 Å². The molecule has 0 saturated heterocycles. The van der Waals surface area contributed by atoms with E-state index in [4.69, 9.17) is 17.3 Å². The molecular formula is C18H18ClF2NO2. The highest BCUT2D eigenvalue weighted by atomic mass is 35.5. The second-order valence-electron chi connectivity index (χ2n) is 5.68. The van der Waals surface area contributed by atoms with E-state index in [1.165, 1.54) is 12.1 Å². The van der Waals surface area contributed by atoms with E-state index in [9.17, 15) is 18.7 Å². The van der Waals surface area contributed by atoms with Crippen molar-refractivity contribution in [2.24, 2.45) is 5.73 Å². The van der Waals surface area contributed by atoms with Gasteiger partial charge in [0, 0.05) is 10.9 Å². The Kier molecular flexibility index (Phi) is 5.91. The van der Waals surface area contributed by atoms with Crippen LogP contribution in [0.15, 0.2) is 36.4 Å². The summed E-state index contributed by atoms with van der Waals surface area (Å²) in [6.07, 6.45) is -1.02. The number of aliphatic hydroxyl groups is 1. The van der Waals surface area contributed by atoms with Crippen molar-refractivity contribution in [1.82, 2.24) is 0 Å². The molecule has 0 radical (unpaired) electrons. The van der Waals surface area contributed by atoms with E-state index in [1.54, 1.807) is 31.2 Å². The molecule has 2 aromatic carbocycles. The van der Waals surface area contributed by atoms with Gasteiger partial charge in [-0.1, -0.05) is 35.9 Å². The van der Waals surface area contributed by atoms with E-state index in [2.05, 4.69) is 0 Å². The summed E-state index contributed by atoms with van der Waals surface area (Å²) >= 11 is 5.79. The van der Waals surface area contributed by atoms with Gasteiger partial charge in [0.15, 0.2) is 0 Å². The Labute approximate surface area is 144 Å². The van der Waals surface area contributed by atoms with E-state index >= 15 is 0 Å². The summed E-state index contributed by atoms with van der Waals surface area (Å²) in [7, 11) is 0. The number of rotatable bonds is 6. The van der Waals surface area contributed by atoms with Crippen LogP contribution in [-0.2, 0) is 0 Å². The zero-order valence-corrected chi connectivity index (χ0v) is 13.9.